The average molecular weight is 281 g/mol. The van der Waals surface area contributed by atoms with E-state index in [0.29, 0.717) is 0 Å². The number of nitrogens with zero attached hydrogens (tertiary/aromatic N) is 3. The summed E-state index contributed by atoms with van der Waals surface area (Å²) in [5, 5.41) is 9.33. The number of aromatic hydroxyl groups is 1. The van der Waals surface area contributed by atoms with Gasteiger partial charge in [0.15, 0.2) is 9.84 Å². The highest BCUT2D eigenvalue weighted by atomic mass is 32.2. The van der Waals surface area contributed by atoms with Gasteiger partial charge in [-0.3, -0.25) is 4.99 Å². The fourth-order valence-corrected chi connectivity index (χ4v) is 2.52. The van der Waals surface area contributed by atoms with Crippen LogP contribution in [0.15, 0.2) is 34.4 Å². The molecule has 1 aromatic rings. The molecule has 0 amide bonds. The molecule has 0 aromatic carbocycles. The Morgan fingerprint density at radius 3 is 2.68 bits per heavy atom. The summed E-state index contributed by atoms with van der Waals surface area (Å²) in [6.45, 7) is 6.61. The van der Waals surface area contributed by atoms with Crippen LogP contribution in [-0.4, -0.2) is 36.0 Å². The van der Waals surface area contributed by atoms with Crippen LogP contribution in [0.4, 0.5) is 0 Å². The summed E-state index contributed by atoms with van der Waals surface area (Å²) in [4.78, 5) is 11.2. The van der Waals surface area contributed by atoms with Crippen LogP contribution in [-0.2, 0) is 9.84 Å². The summed E-state index contributed by atoms with van der Waals surface area (Å²) >= 11 is 0. The van der Waals surface area contributed by atoms with Gasteiger partial charge in [-0.1, -0.05) is 13.0 Å². The third-order valence-corrected chi connectivity index (χ3v) is 4.08. The Morgan fingerprint density at radius 2 is 2.21 bits per heavy atom. The zero-order valence-corrected chi connectivity index (χ0v) is 11.6. The Hall–Kier alpha value is -2.02. The molecule has 0 unspecified atom stereocenters. The molecule has 1 rings (SSSR count). The number of allylic oxidation sites excluding steroid dienone is 2. The van der Waals surface area contributed by atoms with E-state index in [1.54, 1.807) is 13.0 Å². The van der Waals surface area contributed by atoms with Crippen LogP contribution >= 0.6 is 0 Å². The molecule has 1 aromatic heterocycles. The molecular weight excluding hydrogens is 266 g/mol. The van der Waals surface area contributed by atoms with Gasteiger partial charge in [0, 0.05) is 6.07 Å². The summed E-state index contributed by atoms with van der Waals surface area (Å²) in [6.07, 6.45) is 4.15. The molecule has 0 aliphatic heterocycles. The quantitative estimate of drug-likeness (QED) is 0.653. The first-order valence-electron chi connectivity index (χ1n) is 5.54. The fraction of sp³-hybridized carbons (Fsp3) is 0.250. The minimum absolute atomic E-state index is 0.0191. The fourth-order valence-electron chi connectivity index (χ4n) is 1.40. The van der Waals surface area contributed by atoms with Gasteiger partial charge >= 0.3 is 0 Å². The third-order valence-electron chi connectivity index (χ3n) is 2.32. The molecule has 19 heavy (non-hydrogen) atoms. The maximum Gasteiger partial charge on any atom is 0.214 e. The molecule has 0 saturated carbocycles. The lowest BCUT2D eigenvalue weighted by molar-refractivity contribution is 0.451. The van der Waals surface area contributed by atoms with E-state index >= 15 is 0 Å². The molecule has 1 heterocycles. The molecule has 0 bridgehead atoms. The number of hydrogen-bond acceptors (Lipinski definition) is 6. The van der Waals surface area contributed by atoms with E-state index in [0.717, 1.165) is 6.33 Å². The monoisotopic (exact) mass is 281 g/mol. The van der Waals surface area contributed by atoms with Crippen molar-refractivity contribution >= 4 is 22.3 Å². The van der Waals surface area contributed by atoms with Crippen LogP contribution in [0.3, 0.4) is 0 Å². The Kier molecular flexibility index (Phi) is 4.94. The normalized spacial score (nSPS) is 13.4. The van der Waals surface area contributed by atoms with Crippen LogP contribution in [0, 0.1) is 0 Å². The standard InChI is InChI=1S/C12H15N3O3S/c1-4-6-10(19(17,18)5-2)12(13-3)9-7-11(16)15-8-14-9/h4,6-8H,3,5H2,1-2H3,(H,14,15,16)/b6-4-,12-10+. The summed E-state index contributed by atoms with van der Waals surface area (Å²) in [5.41, 5.74) is 0.297. The van der Waals surface area contributed by atoms with Crippen LogP contribution in [0.1, 0.15) is 19.5 Å². The van der Waals surface area contributed by atoms with Crippen molar-refractivity contribution in [1.29, 1.82) is 0 Å². The van der Waals surface area contributed by atoms with Gasteiger partial charge in [0.1, 0.15) is 12.0 Å². The second kappa shape index (κ2) is 6.24. The van der Waals surface area contributed by atoms with Gasteiger partial charge in [-0.25, -0.2) is 18.4 Å². The van der Waals surface area contributed by atoms with E-state index < -0.39 is 9.84 Å². The van der Waals surface area contributed by atoms with Crippen LogP contribution in [0.25, 0.3) is 5.70 Å². The van der Waals surface area contributed by atoms with E-state index in [-0.39, 0.29) is 27.9 Å². The molecule has 0 atom stereocenters. The lowest BCUT2D eigenvalue weighted by atomic mass is 10.2. The summed E-state index contributed by atoms with van der Waals surface area (Å²) < 4.78 is 24.1. The van der Waals surface area contributed by atoms with Crippen LogP contribution in [0.5, 0.6) is 5.88 Å². The van der Waals surface area contributed by atoms with E-state index in [2.05, 4.69) is 21.7 Å². The van der Waals surface area contributed by atoms with Gasteiger partial charge in [-0.15, -0.1) is 0 Å². The molecule has 0 saturated heterocycles. The van der Waals surface area contributed by atoms with Gasteiger partial charge in [-0.2, -0.15) is 0 Å². The van der Waals surface area contributed by atoms with Gasteiger partial charge in [0.05, 0.1) is 16.4 Å². The summed E-state index contributed by atoms with van der Waals surface area (Å²) in [5.74, 6) is -0.331. The first kappa shape index (κ1) is 15.0. The number of sulfone groups is 1. The Balaban J connectivity index is 3.61. The number of hydrogen-bond donors (Lipinski definition) is 1. The largest absolute Gasteiger partial charge is 0.493 e. The molecule has 7 heteroatoms. The highest BCUT2D eigenvalue weighted by Crippen LogP contribution is 2.25. The van der Waals surface area contributed by atoms with E-state index in [1.807, 2.05) is 0 Å². The second-order valence-electron chi connectivity index (χ2n) is 3.54. The van der Waals surface area contributed by atoms with Crippen molar-refractivity contribution in [3.8, 4) is 5.88 Å². The highest BCUT2D eigenvalue weighted by Gasteiger charge is 2.19. The van der Waals surface area contributed by atoms with Crippen molar-refractivity contribution in [1.82, 2.24) is 9.97 Å². The molecule has 102 valence electrons. The summed E-state index contributed by atoms with van der Waals surface area (Å²) in [7, 11) is -3.48. The van der Waals surface area contributed by atoms with E-state index in [1.165, 1.54) is 19.1 Å². The van der Waals surface area contributed by atoms with Gasteiger partial charge in [-0.05, 0) is 19.7 Å². The maximum atomic E-state index is 12.0. The van der Waals surface area contributed by atoms with Crippen molar-refractivity contribution in [2.24, 2.45) is 4.99 Å². The first-order valence-corrected chi connectivity index (χ1v) is 7.19. The minimum Gasteiger partial charge on any atom is -0.493 e. The lowest BCUT2D eigenvalue weighted by Gasteiger charge is -2.08. The SMILES string of the molecule is C=N/C(=C(\C=C/C)S(=O)(=O)CC)c1cc(O)ncn1. The predicted octanol–water partition coefficient (Wildman–Crippen LogP) is 1.56. The average Bonchev–Trinajstić information content (AvgIpc) is 2.38. The Labute approximate surface area is 112 Å². The number of aromatic nitrogens is 2. The molecule has 0 spiro atoms. The number of aliphatic imine (C=N–C) groups is 1. The van der Waals surface area contributed by atoms with Crippen molar-refractivity contribution < 1.29 is 13.5 Å². The molecule has 6 nitrogen and oxygen atoms in total. The maximum absolute atomic E-state index is 12.0. The third kappa shape index (κ3) is 3.47. The predicted molar refractivity (Wildman–Crippen MR) is 74.4 cm³/mol. The van der Waals surface area contributed by atoms with E-state index in [9.17, 15) is 13.5 Å². The van der Waals surface area contributed by atoms with Crippen molar-refractivity contribution in [3.63, 3.8) is 0 Å². The highest BCUT2D eigenvalue weighted by molar-refractivity contribution is 7.95. The van der Waals surface area contributed by atoms with E-state index in [4.69, 9.17) is 0 Å². The zero-order valence-electron chi connectivity index (χ0n) is 10.7. The number of rotatable bonds is 5. The first-order chi connectivity index (χ1) is 8.96. The smallest absolute Gasteiger partial charge is 0.214 e. The molecule has 0 fully saturated rings. The van der Waals surface area contributed by atoms with Crippen molar-refractivity contribution in [2.75, 3.05) is 5.75 Å². The van der Waals surface area contributed by atoms with Gasteiger partial charge in [0.25, 0.3) is 0 Å². The van der Waals surface area contributed by atoms with Crippen LogP contribution in [0.2, 0.25) is 0 Å². The lowest BCUT2D eigenvalue weighted by Crippen LogP contribution is -2.08. The zero-order chi connectivity index (χ0) is 14.5. The van der Waals surface area contributed by atoms with Crippen LogP contribution < -0.4 is 0 Å². The topological polar surface area (TPSA) is 92.5 Å². The molecule has 1 N–H and O–H groups in total. The molecular formula is C12H15N3O3S. The molecule has 0 aliphatic rings. The molecule has 0 aliphatic carbocycles. The summed E-state index contributed by atoms with van der Waals surface area (Å²) in [6, 6.07) is 1.23. The second-order valence-corrected chi connectivity index (χ2v) is 5.78. The van der Waals surface area contributed by atoms with Crippen molar-refractivity contribution in [3.05, 3.63) is 35.1 Å². The van der Waals surface area contributed by atoms with Crippen molar-refractivity contribution in [2.45, 2.75) is 13.8 Å². The van der Waals surface area contributed by atoms with Gasteiger partial charge < -0.3 is 5.11 Å². The minimum atomic E-state index is -3.48. The Morgan fingerprint density at radius 1 is 1.53 bits per heavy atom. The Bertz CT molecular complexity index is 633. The molecule has 0 radical (unpaired) electrons. The van der Waals surface area contributed by atoms with Gasteiger partial charge in [0.2, 0.25) is 5.88 Å².